The predicted molar refractivity (Wildman–Crippen MR) is 73.1 cm³/mol. The Hall–Kier alpha value is -2.48. The van der Waals surface area contributed by atoms with Crippen LogP contribution in [-0.4, -0.2) is 35.1 Å². The van der Waals surface area contributed by atoms with E-state index in [1.54, 1.807) is 12.1 Å². The van der Waals surface area contributed by atoms with Crippen molar-refractivity contribution in [2.24, 2.45) is 0 Å². The van der Waals surface area contributed by atoms with Crippen LogP contribution in [0.25, 0.3) is 0 Å². The number of rotatable bonds is 5. The molecule has 5 nitrogen and oxygen atoms in total. The molecule has 100 valence electrons. The molecule has 1 aromatic rings. The number of benzene rings is 1. The van der Waals surface area contributed by atoms with Gasteiger partial charge in [-0.25, -0.2) is 9.59 Å². The van der Waals surface area contributed by atoms with E-state index in [1.165, 1.54) is 17.0 Å². The van der Waals surface area contributed by atoms with Crippen molar-refractivity contribution < 1.29 is 14.7 Å². The molecule has 0 aliphatic rings. The van der Waals surface area contributed by atoms with E-state index in [9.17, 15) is 9.59 Å². The Morgan fingerprint density at radius 1 is 1.37 bits per heavy atom. The number of carbonyl (C=O) groups excluding carboxylic acids is 1. The second kappa shape index (κ2) is 7.07. The highest BCUT2D eigenvalue weighted by molar-refractivity contribution is 5.91. The van der Waals surface area contributed by atoms with Crippen LogP contribution >= 0.6 is 0 Å². The molecule has 0 heterocycles. The SMILES string of the molecule is C#CCN(CCC)C(=O)Nc1ccc(C(=O)O)cc1. The number of terminal acetylenes is 1. The van der Waals surface area contributed by atoms with E-state index in [0.29, 0.717) is 12.2 Å². The van der Waals surface area contributed by atoms with Crippen LogP contribution in [0, 0.1) is 12.3 Å². The lowest BCUT2D eigenvalue weighted by atomic mass is 10.2. The van der Waals surface area contributed by atoms with Crippen LogP contribution in [0.5, 0.6) is 0 Å². The topological polar surface area (TPSA) is 69.6 Å². The van der Waals surface area contributed by atoms with Gasteiger partial charge in [-0.3, -0.25) is 0 Å². The van der Waals surface area contributed by atoms with Crippen molar-refractivity contribution in [2.75, 3.05) is 18.4 Å². The summed E-state index contributed by atoms with van der Waals surface area (Å²) >= 11 is 0. The minimum atomic E-state index is -1.00. The van der Waals surface area contributed by atoms with Crippen molar-refractivity contribution in [3.05, 3.63) is 29.8 Å². The monoisotopic (exact) mass is 260 g/mol. The van der Waals surface area contributed by atoms with Gasteiger partial charge in [-0.05, 0) is 30.7 Å². The van der Waals surface area contributed by atoms with Gasteiger partial charge in [0.15, 0.2) is 0 Å². The lowest BCUT2D eigenvalue weighted by Gasteiger charge is -2.20. The van der Waals surface area contributed by atoms with E-state index in [0.717, 1.165) is 6.42 Å². The maximum atomic E-state index is 11.9. The quantitative estimate of drug-likeness (QED) is 0.798. The fraction of sp³-hybridized carbons (Fsp3) is 0.286. The van der Waals surface area contributed by atoms with E-state index in [2.05, 4.69) is 11.2 Å². The third kappa shape index (κ3) is 4.36. The molecule has 1 aromatic carbocycles. The molecule has 2 N–H and O–H groups in total. The van der Waals surface area contributed by atoms with Gasteiger partial charge in [-0.2, -0.15) is 0 Å². The van der Waals surface area contributed by atoms with Gasteiger partial charge in [0, 0.05) is 12.2 Å². The number of aromatic carboxylic acids is 1. The standard InChI is InChI=1S/C14H16N2O3/c1-3-9-16(10-4-2)14(19)15-12-7-5-11(6-8-12)13(17)18/h1,5-8H,4,9-10H2,2H3,(H,15,19)(H,17,18). The number of carboxylic acid groups (broad SMARTS) is 1. The average molecular weight is 260 g/mol. The molecule has 0 spiro atoms. The van der Waals surface area contributed by atoms with Crippen molar-refractivity contribution in [3.63, 3.8) is 0 Å². The molecule has 5 heteroatoms. The average Bonchev–Trinajstić information content (AvgIpc) is 2.39. The van der Waals surface area contributed by atoms with Crippen molar-refractivity contribution in [1.29, 1.82) is 0 Å². The Morgan fingerprint density at radius 3 is 2.47 bits per heavy atom. The molecule has 0 unspecified atom stereocenters. The number of nitrogens with one attached hydrogen (secondary N) is 1. The second-order valence-electron chi connectivity index (χ2n) is 3.94. The van der Waals surface area contributed by atoms with Crippen LogP contribution in [-0.2, 0) is 0 Å². The molecule has 2 amide bonds. The maximum absolute atomic E-state index is 11.9. The molecular weight excluding hydrogens is 244 g/mol. The first kappa shape index (κ1) is 14.6. The lowest BCUT2D eigenvalue weighted by molar-refractivity contribution is 0.0697. The van der Waals surface area contributed by atoms with Crippen LogP contribution < -0.4 is 5.32 Å². The molecule has 0 aliphatic carbocycles. The lowest BCUT2D eigenvalue weighted by Crippen LogP contribution is -2.35. The molecule has 0 aromatic heterocycles. The van der Waals surface area contributed by atoms with Crippen LogP contribution in [0.1, 0.15) is 23.7 Å². The van der Waals surface area contributed by atoms with Gasteiger partial charge in [0.25, 0.3) is 0 Å². The number of amides is 2. The highest BCUT2D eigenvalue weighted by Gasteiger charge is 2.11. The fourth-order valence-corrected chi connectivity index (χ4v) is 1.53. The highest BCUT2D eigenvalue weighted by Crippen LogP contribution is 2.10. The summed E-state index contributed by atoms with van der Waals surface area (Å²) in [4.78, 5) is 24.1. The second-order valence-corrected chi connectivity index (χ2v) is 3.94. The molecule has 0 saturated carbocycles. The maximum Gasteiger partial charge on any atom is 0.335 e. The number of anilines is 1. The van der Waals surface area contributed by atoms with Crippen molar-refractivity contribution in [1.82, 2.24) is 4.90 Å². The molecule has 0 bridgehead atoms. The number of urea groups is 1. The zero-order valence-electron chi connectivity index (χ0n) is 10.7. The third-order valence-corrected chi connectivity index (χ3v) is 2.45. The number of carboxylic acids is 1. The zero-order chi connectivity index (χ0) is 14.3. The molecule has 1 rings (SSSR count). The van der Waals surface area contributed by atoms with Crippen LogP contribution in [0.2, 0.25) is 0 Å². The van der Waals surface area contributed by atoms with Crippen molar-refractivity contribution >= 4 is 17.7 Å². The number of hydrogen-bond donors (Lipinski definition) is 2. The largest absolute Gasteiger partial charge is 0.478 e. The van der Waals surface area contributed by atoms with Gasteiger partial charge in [0.1, 0.15) is 0 Å². The van der Waals surface area contributed by atoms with Gasteiger partial charge in [-0.15, -0.1) is 6.42 Å². The number of nitrogens with zero attached hydrogens (tertiary/aromatic N) is 1. The fourth-order valence-electron chi connectivity index (χ4n) is 1.53. The summed E-state index contributed by atoms with van der Waals surface area (Å²) in [5.74, 6) is 1.43. The van der Waals surface area contributed by atoms with Gasteiger partial charge in [-0.1, -0.05) is 12.8 Å². The molecule has 19 heavy (non-hydrogen) atoms. The summed E-state index contributed by atoms with van der Waals surface area (Å²) in [6, 6.07) is 5.66. The van der Waals surface area contributed by atoms with Crippen molar-refractivity contribution in [3.8, 4) is 12.3 Å². The first-order valence-electron chi connectivity index (χ1n) is 5.91. The van der Waals surface area contributed by atoms with E-state index in [-0.39, 0.29) is 18.1 Å². The minimum Gasteiger partial charge on any atom is -0.478 e. The molecular formula is C14H16N2O3. The highest BCUT2D eigenvalue weighted by atomic mass is 16.4. The third-order valence-electron chi connectivity index (χ3n) is 2.45. The smallest absolute Gasteiger partial charge is 0.335 e. The molecule has 0 saturated heterocycles. The molecule has 0 radical (unpaired) electrons. The summed E-state index contributed by atoms with van der Waals surface area (Å²) in [5.41, 5.74) is 0.708. The molecule has 0 atom stereocenters. The summed E-state index contributed by atoms with van der Waals surface area (Å²) in [6.07, 6.45) is 6.02. The number of carbonyl (C=O) groups is 2. The van der Waals surface area contributed by atoms with Gasteiger partial charge < -0.3 is 15.3 Å². The zero-order valence-corrected chi connectivity index (χ0v) is 10.7. The Bertz CT molecular complexity index is 488. The molecule has 0 aliphatic heterocycles. The van der Waals surface area contributed by atoms with Gasteiger partial charge >= 0.3 is 12.0 Å². The Labute approximate surface area is 112 Å². The summed E-state index contributed by atoms with van der Waals surface area (Å²) < 4.78 is 0. The Morgan fingerprint density at radius 2 is 2.00 bits per heavy atom. The van der Waals surface area contributed by atoms with Gasteiger partial charge in [0.2, 0.25) is 0 Å². The van der Waals surface area contributed by atoms with Crippen LogP contribution in [0.3, 0.4) is 0 Å². The molecule has 0 fully saturated rings. The van der Waals surface area contributed by atoms with Crippen molar-refractivity contribution in [2.45, 2.75) is 13.3 Å². The number of hydrogen-bond acceptors (Lipinski definition) is 2. The minimum absolute atomic E-state index is 0.173. The van der Waals surface area contributed by atoms with Crippen LogP contribution in [0.4, 0.5) is 10.5 Å². The van der Waals surface area contributed by atoms with E-state index >= 15 is 0 Å². The normalized spacial score (nSPS) is 9.47. The van der Waals surface area contributed by atoms with Crippen LogP contribution in [0.15, 0.2) is 24.3 Å². The summed E-state index contributed by atoms with van der Waals surface area (Å²) in [5, 5.41) is 11.4. The Kier molecular flexibility index (Phi) is 5.42. The first-order chi connectivity index (χ1) is 9.08. The van der Waals surface area contributed by atoms with Gasteiger partial charge in [0.05, 0.1) is 12.1 Å². The van der Waals surface area contributed by atoms with E-state index in [4.69, 9.17) is 11.5 Å². The Balaban J connectivity index is 2.70. The van der Waals surface area contributed by atoms with E-state index < -0.39 is 5.97 Å². The summed E-state index contributed by atoms with van der Waals surface area (Å²) in [6.45, 7) is 2.77. The van der Waals surface area contributed by atoms with E-state index in [1.807, 2.05) is 6.92 Å². The predicted octanol–water partition coefficient (Wildman–Crippen LogP) is 2.26. The summed E-state index contributed by atoms with van der Waals surface area (Å²) in [7, 11) is 0. The first-order valence-corrected chi connectivity index (χ1v) is 5.91.